The molecule has 9 heteroatoms. The molecule has 23 heavy (non-hydrogen) atoms. The Balaban J connectivity index is 2.38. The zero-order valence-corrected chi connectivity index (χ0v) is 13.9. The van der Waals surface area contributed by atoms with Crippen molar-refractivity contribution in [3.8, 4) is 0 Å². The number of hydrogen-bond acceptors (Lipinski definition) is 5. The summed E-state index contributed by atoms with van der Waals surface area (Å²) in [5.41, 5.74) is 5.15. The Morgan fingerprint density at radius 1 is 1.22 bits per heavy atom. The molecule has 0 bridgehead atoms. The van der Waals surface area contributed by atoms with Gasteiger partial charge in [0.05, 0.1) is 6.54 Å². The molecule has 0 radical (unpaired) electrons. The minimum absolute atomic E-state index is 0.115. The van der Waals surface area contributed by atoms with Crippen LogP contribution < -0.4 is 11.1 Å². The molecule has 0 saturated carbocycles. The van der Waals surface area contributed by atoms with Crippen LogP contribution in [0, 0.1) is 0 Å². The van der Waals surface area contributed by atoms with E-state index in [1.807, 2.05) is 4.90 Å². The number of nitrogens with two attached hydrogens (primary N) is 1. The number of piperazine rings is 1. The highest BCUT2D eigenvalue weighted by atomic mass is 19.4. The van der Waals surface area contributed by atoms with Gasteiger partial charge in [-0.3, -0.25) is 9.80 Å². The predicted octanol–water partition coefficient (Wildman–Crippen LogP) is 1.02. The van der Waals surface area contributed by atoms with Gasteiger partial charge in [0.2, 0.25) is 0 Å². The fourth-order valence-electron chi connectivity index (χ4n) is 2.42. The smallest absolute Gasteiger partial charge is 0.407 e. The lowest BCUT2D eigenvalue weighted by Crippen LogP contribution is -2.56. The second kappa shape index (κ2) is 8.16. The number of amides is 1. The number of halogens is 3. The quantitative estimate of drug-likeness (QED) is 0.782. The summed E-state index contributed by atoms with van der Waals surface area (Å²) in [5.74, 6) is 0. The van der Waals surface area contributed by atoms with Gasteiger partial charge in [0, 0.05) is 45.3 Å². The number of alkyl carbamates (subject to hydrolysis) is 1. The van der Waals surface area contributed by atoms with Crippen molar-refractivity contribution >= 4 is 6.09 Å². The van der Waals surface area contributed by atoms with Crippen molar-refractivity contribution in [2.75, 3.05) is 45.8 Å². The van der Waals surface area contributed by atoms with Gasteiger partial charge < -0.3 is 15.8 Å². The predicted molar refractivity (Wildman–Crippen MR) is 81.1 cm³/mol. The average Bonchev–Trinajstić information content (AvgIpc) is 2.37. The van der Waals surface area contributed by atoms with Crippen molar-refractivity contribution in [3.63, 3.8) is 0 Å². The van der Waals surface area contributed by atoms with Crippen LogP contribution in [0.3, 0.4) is 0 Å². The maximum absolute atomic E-state index is 12.4. The van der Waals surface area contributed by atoms with Gasteiger partial charge in [0.1, 0.15) is 5.60 Å². The van der Waals surface area contributed by atoms with Gasteiger partial charge in [-0.25, -0.2) is 4.79 Å². The number of ether oxygens (including phenoxy) is 1. The van der Waals surface area contributed by atoms with Gasteiger partial charge >= 0.3 is 12.3 Å². The summed E-state index contributed by atoms with van der Waals surface area (Å²) in [6, 6.07) is -0.115. The first-order valence-electron chi connectivity index (χ1n) is 7.70. The first-order valence-corrected chi connectivity index (χ1v) is 7.70. The monoisotopic (exact) mass is 340 g/mol. The molecular weight excluding hydrogens is 313 g/mol. The maximum Gasteiger partial charge on any atom is 0.407 e. The van der Waals surface area contributed by atoms with Crippen LogP contribution in [-0.2, 0) is 4.74 Å². The molecule has 1 saturated heterocycles. The molecule has 1 atom stereocenters. The molecule has 1 fully saturated rings. The number of carbonyl (C=O) groups is 1. The van der Waals surface area contributed by atoms with E-state index in [0.717, 1.165) is 0 Å². The summed E-state index contributed by atoms with van der Waals surface area (Å²) in [6.45, 7) is 6.71. The van der Waals surface area contributed by atoms with Crippen LogP contribution in [0.25, 0.3) is 0 Å². The molecule has 0 aromatic heterocycles. The Bertz CT molecular complexity index is 377. The van der Waals surface area contributed by atoms with Crippen molar-refractivity contribution in [1.29, 1.82) is 0 Å². The van der Waals surface area contributed by atoms with Gasteiger partial charge in [-0.05, 0) is 20.8 Å². The van der Waals surface area contributed by atoms with E-state index in [0.29, 0.717) is 39.3 Å². The van der Waals surface area contributed by atoms with E-state index in [4.69, 9.17) is 10.5 Å². The van der Waals surface area contributed by atoms with Crippen molar-refractivity contribution in [3.05, 3.63) is 0 Å². The van der Waals surface area contributed by atoms with E-state index in [-0.39, 0.29) is 6.04 Å². The topological polar surface area (TPSA) is 70.8 Å². The van der Waals surface area contributed by atoms with Crippen LogP contribution in [0.5, 0.6) is 0 Å². The van der Waals surface area contributed by atoms with Crippen LogP contribution in [0.15, 0.2) is 0 Å². The lowest BCUT2D eigenvalue weighted by Gasteiger charge is -2.39. The Hall–Kier alpha value is -1.06. The Kier molecular flexibility index (Phi) is 7.09. The van der Waals surface area contributed by atoms with E-state index in [9.17, 15) is 18.0 Å². The summed E-state index contributed by atoms with van der Waals surface area (Å²) in [5, 5.41) is 2.66. The molecule has 0 aromatic carbocycles. The fourth-order valence-corrected chi connectivity index (χ4v) is 2.42. The van der Waals surface area contributed by atoms with Gasteiger partial charge in [-0.2, -0.15) is 13.2 Å². The molecule has 1 rings (SSSR count). The van der Waals surface area contributed by atoms with Gasteiger partial charge in [0.15, 0.2) is 0 Å². The van der Waals surface area contributed by atoms with Crippen LogP contribution in [0.4, 0.5) is 18.0 Å². The number of carbonyl (C=O) groups excluding carboxylic acids is 1. The number of nitrogens with zero attached hydrogens (tertiary/aromatic N) is 2. The van der Waals surface area contributed by atoms with Gasteiger partial charge in [0.25, 0.3) is 0 Å². The molecular formula is C14H27F3N4O2. The van der Waals surface area contributed by atoms with E-state index < -0.39 is 24.4 Å². The Morgan fingerprint density at radius 2 is 1.78 bits per heavy atom. The van der Waals surface area contributed by atoms with Gasteiger partial charge in [-0.1, -0.05) is 0 Å². The van der Waals surface area contributed by atoms with Crippen molar-refractivity contribution in [2.45, 2.75) is 38.6 Å². The van der Waals surface area contributed by atoms with Crippen molar-refractivity contribution in [2.24, 2.45) is 5.73 Å². The lowest BCUT2D eigenvalue weighted by atomic mass is 10.2. The zero-order chi connectivity index (χ0) is 17.7. The van der Waals surface area contributed by atoms with Crippen LogP contribution >= 0.6 is 0 Å². The SMILES string of the molecule is CC(C)(C)OC(=O)NCC(CN)N1CCN(CC(F)(F)F)CC1. The number of nitrogens with one attached hydrogen (secondary N) is 1. The Labute approximate surface area is 135 Å². The highest BCUT2D eigenvalue weighted by Gasteiger charge is 2.33. The second-order valence-corrected chi connectivity index (χ2v) is 6.70. The van der Waals surface area contributed by atoms with E-state index >= 15 is 0 Å². The van der Waals surface area contributed by atoms with E-state index in [1.165, 1.54) is 4.90 Å². The molecule has 6 nitrogen and oxygen atoms in total. The van der Waals surface area contributed by atoms with Crippen LogP contribution in [0.2, 0.25) is 0 Å². The summed E-state index contributed by atoms with van der Waals surface area (Å²) in [6.07, 6.45) is -4.69. The average molecular weight is 340 g/mol. The number of hydrogen-bond donors (Lipinski definition) is 2. The summed E-state index contributed by atoms with van der Waals surface area (Å²) in [4.78, 5) is 15.0. The van der Waals surface area contributed by atoms with Crippen molar-refractivity contribution in [1.82, 2.24) is 15.1 Å². The molecule has 3 N–H and O–H groups in total. The van der Waals surface area contributed by atoms with Crippen molar-refractivity contribution < 1.29 is 22.7 Å². The maximum atomic E-state index is 12.4. The third-order valence-corrected chi connectivity index (χ3v) is 3.48. The van der Waals surface area contributed by atoms with Gasteiger partial charge in [-0.15, -0.1) is 0 Å². The minimum Gasteiger partial charge on any atom is -0.444 e. The third-order valence-electron chi connectivity index (χ3n) is 3.48. The molecule has 0 spiro atoms. The summed E-state index contributed by atoms with van der Waals surface area (Å²) >= 11 is 0. The lowest BCUT2D eigenvalue weighted by molar-refractivity contribution is -0.149. The first-order chi connectivity index (χ1) is 10.5. The molecule has 0 aliphatic carbocycles. The van der Waals surface area contributed by atoms with Crippen LogP contribution in [-0.4, -0.2) is 79.5 Å². The molecule has 1 aliphatic rings. The highest BCUT2D eigenvalue weighted by molar-refractivity contribution is 5.67. The standard InChI is InChI=1S/C14H27F3N4O2/c1-13(2,3)23-12(22)19-9-11(8-18)21-6-4-20(5-7-21)10-14(15,16)17/h11H,4-10,18H2,1-3H3,(H,19,22). The van der Waals surface area contributed by atoms with E-state index in [2.05, 4.69) is 5.32 Å². The zero-order valence-electron chi connectivity index (χ0n) is 13.9. The van der Waals surface area contributed by atoms with E-state index in [1.54, 1.807) is 20.8 Å². The molecule has 1 amide bonds. The molecule has 136 valence electrons. The molecule has 1 aliphatic heterocycles. The molecule has 0 aromatic rings. The number of alkyl halides is 3. The fraction of sp³-hybridized carbons (Fsp3) is 0.929. The highest BCUT2D eigenvalue weighted by Crippen LogP contribution is 2.18. The summed E-state index contributed by atoms with van der Waals surface area (Å²) < 4.78 is 42.3. The van der Waals surface area contributed by atoms with Crippen LogP contribution in [0.1, 0.15) is 20.8 Å². The minimum atomic E-state index is -4.17. The second-order valence-electron chi connectivity index (χ2n) is 6.70. The summed E-state index contributed by atoms with van der Waals surface area (Å²) in [7, 11) is 0. The third kappa shape index (κ3) is 8.38. The normalized spacial score (nSPS) is 19.4. The largest absolute Gasteiger partial charge is 0.444 e. The molecule has 1 unspecified atom stereocenters. The number of rotatable bonds is 5. The Morgan fingerprint density at radius 3 is 2.22 bits per heavy atom. The molecule has 1 heterocycles. The first kappa shape index (κ1) is 20.0.